The molecule has 0 saturated carbocycles. The van der Waals surface area contributed by atoms with Gasteiger partial charge in [0.15, 0.2) is 0 Å². The van der Waals surface area contributed by atoms with Crippen LogP contribution in [0.3, 0.4) is 0 Å². The average Bonchev–Trinajstić information content (AvgIpc) is 2.79. The lowest BCUT2D eigenvalue weighted by molar-refractivity contribution is -0.127. The van der Waals surface area contributed by atoms with Crippen molar-refractivity contribution in [1.82, 2.24) is 9.62 Å². The van der Waals surface area contributed by atoms with E-state index in [0.717, 1.165) is 16.9 Å². The Morgan fingerprint density at radius 1 is 1.12 bits per heavy atom. The van der Waals surface area contributed by atoms with Crippen LogP contribution in [0.2, 0.25) is 0 Å². The zero-order valence-corrected chi connectivity index (χ0v) is 20.4. The van der Waals surface area contributed by atoms with Gasteiger partial charge in [-0.3, -0.25) is 4.79 Å². The van der Waals surface area contributed by atoms with Crippen LogP contribution < -0.4 is 14.8 Å². The predicted octanol–water partition coefficient (Wildman–Crippen LogP) is 3.82. The Bertz CT molecular complexity index is 1120. The second kappa shape index (κ2) is 8.99. The Morgan fingerprint density at radius 2 is 1.79 bits per heavy atom. The van der Waals surface area contributed by atoms with Crippen LogP contribution in [0.4, 0.5) is 0 Å². The second-order valence-electron chi connectivity index (χ2n) is 9.52. The normalized spacial score (nSPS) is 21.0. The quantitative estimate of drug-likeness (QED) is 0.715. The van der Waals surface area contributed by atoms with Crippen LogP contribution >= 0.6 is 0 Å². The molecule has 2 aliphatic heterocycles. The topological polar surface area (TPSA) is 84.9 Å². The van der Waals surface area contributed by atoms with Gasteiger partial charge in [0.05, 0.1) is 18.0 Å². The van der Waals surface area contributed by atoms with Crippen LogP contribution in [-0.2, 0) is 14.8 Å². The number of hydrogen-bond acceptors (Lipinski definition) is 5. The van der Waals surface area contributed by atoms with E-state index in [-0.39, 0.29) is 28.4 Å². The molecule has 0 aliphatic carbocycles. The molecule has 1 saturated heterocycles. The zero-order chi connectivity index (χ0) is 23.8. The van der Waals surface area contributed by atoms with E-state index in [1.165, 1.54) is 4.31 Å². The maximum atomic E-state index is 13.1. The molecule has 4 rings (SSSR count). The highest BCUT2D eigenvalue weighted by atomic mass is 32.2. The fourth-order valence-corrected chi connectivity index (χ4v) is 6.12. The van der Waals surface area contributed by atoms with Gasteiger partial charge >= 0.3 is 0 Å². The molecule has 0 unspecified atom stereocenters. The molecular formula is C25H32N2O5S. The minimum atomic E-state index is -3.59. The Hall–Kier alpha value is -2.58. The summed E-state index contributed by atoms with van der Waals surface area (Å²) in [5.74, 6) is 1.18. The van der Waals surface area contributed by atoms with Gasteiger partial charge in [-0.25, -0.2) is 8.42 Å². The summed E-state index contributed by atoms with van der Waals surface area (Å²) in [7, 11) is -2.05. The van der Waals surface area contributed by atoms with Gasteiger partial charge in [-0.05, 0) is 63.9 Å². The lowest BCUT2D eigenvalue weighted by atomic mass is 9.88. The summed E-state index contributed by atoms with van der Waals surface area (Å²) in [5.41, 5.74) is 1.74. The summed E-state index contributed by atoms with van der Waals surface area (Å²) in [5, 5.41) is 3.22. The van der Waals surface area contributed by atoms with Crippen LogP contribution in [0, 0.1) is 12.8 Å². The molecule has 1 amide bonds. The summed E-state index contributed by atoms with van der Waals surface area (Å²) < 4.78 is 38.7. The number of aryl methyl sites for hydroxylation is 1. The van der Waals surface area contributed by atoms with Crippen molar-refractivity contribution in [3.05, 3.63) is 53.6 Å². The number of amides is 1. The first kappa shape index (κ1) is 23.6. The molecule has 1 fully saturated rings. The van der Waals surface area contributed by atoms with Gasteiger partial charge < -0.3 is 14.8 Å². The molecule has 1 atom stereocenters. The van der Waals surface area contributed by atoms with Crippen molar-refractivity contribution in [3.63, 3.8) is 0 Å². The van der Waals surface area contributed by atoms with Crippen LogP contribution in [0.15, 0.2) is 47.4 Å². The SMILES string of the molecule is COc1ccc(S(=O)(=O)N2CCC(C(=O)N[C@@H]3CC(C)(C)Oc4ccc(C)cc43)CC2)cc1. The minimum absolute atomic E-state index is 0.0216. The summed E-state index contributed by atoms with van der Waals surface area (Å²) in [6, 6.07) is 12.3. The monoisotopic (exact) mass is 472 g/mol. The van der Waals surface area contributed by atoms with E-state index < -0.39 is 10.0 Å². The molecule has 0 spiro atoms. The smallest absolute Gasteiger partial charge is 0.243 e. The van der Waals surface area contributed by atoms with Crippen LogP contribution in [0.25, 0.3) is 0 Å². The van der Waals surface area contributed by atoms with Gasteiger partial charge in [0, 0.05) is 31.0 Å². The third-order valence-electron chi connectivity index (χ3n) is 6.46. The van der Waals surface area contributed by atoms with E-state index in [1.54, 1.807) is 31.4 Å². The van der Waals surface area contributed by atoms with E-state index >= 15 is 0 Å². The molecule has 2 aromatic carbocycles. The number of nitrogens with one attached hydrogen (secondary N) is 1. The van der Waals surface area contributed by atoms with Gasteiger partial charge in [-0.15, -0.1) is 0 Å². The number of ether oxygens (including phenoxy) is 2. The number of rotatable bonds is 5. The fraction of sp³-hybridized carbons (Fsp3) is 0.480. The third kappa shape index (κ3) is 5.01. The molecule has 8 heteroatoms. The van der Waals surface area contributed by atoms with Gasteiger partial charge in [-0.1, -0.05) is 17.7 Å². The average molecular weight is 473 g/mol. The van der Waals surface area contributed by atoms with E-state index in [9.17, 15) is 13.2 Å². The standard InChI is InChI=1S/C25H32N2O5S/c1-17-5-10-23-21(15-17)22(16-25(2,3)32-23)26-24(28)18-11-13-27(14-12-18)33(29,30)20-8-6-19(31-4)7-9-20/h5-10,15,18,22H,11-14,16H2,1-4H3,(H,26,28)/t22-/m1/s1. The van der Waals surface area contributed by atoms with Crippen molar-refractivity contribution in [2.24, 2.45) is 5.92 Å². The number of hydrogen-bond donors (Lipinski definition) is 1. The molecule has 178 valence electrons. The van der Waals surface area contributed by atoms with E-state index in [0.29, 0.717) is 38.1 Å². The van der Waals surface area contributed by atoms with Crippen molar-refractivity contribution >= 4 is 15.9 Å². The highest BCUT2D eigenvalue weighted by molar-refractivity contribution is 7.89. The molecule has 2 heterocycles. The maximum absolute atomic E-state index is 13.1. The van der Waals surface area contributed by atoms with E-state index in [4.69, 9.17) is 9.47 Å². The zero-order valence-electron chi connectivity index (χ0n) is 19.6. The minimum Gasteiger partial charge on any atom is -0.497 e. The highest BCUT2D eigenvalue weighted by Crippen LogP contribution is 2.40. The first-order valence-corrected chi connectivity index (χ1v) is 12.8. The first-order valence-electron chi connectivity index (χ1n) is 11.3. The number of carbonyl (C=O) groups excluding carboxylic acids is 1. The van der Waals surface area contributed by atoms with E-state index in [1.807, 2.05) is 32.9 Å². The lowest BCUT2D eigenvalue weighted by Crippen LogP contribution is -2.46. The van der Waals surface area contributed by atoms with Gasteiger partial charge in [0.1, 0.15) is 17.1 Å². The van der Waals surface area contributed by atoms with Crippen molar-refractivity contribution in [3.8, 4) is 11.5 Å². The molecule has 0 bridgehead atoms. The number of methoxy groups -OCH3 is 1. The Balaban J connectivity index is 1.41. The molecular weight excluding hydrogens is 440 g/mol. The number of carbonyl (C=O) groups is 1. The lowest BCUT2D eigenvalue weighted by Gasteiger charge is -2.39. The van der Waals surface area contributed by atoms with Crippen LogP contribution in [0.1, 0.15) is 50.3 Å². The molecule has 2 aromatic rings. The number of benzene rings is 2. The van der Waals surface area contributed by atoms with Gasteiger partial charge in [0.2, 0.25) is 15.9 Å². The molecule has 7 nitrogen and oxygen atoms in total. The molecule has 1 N–H and O–H groups in total. The van der Waals surface area contributed by atoms with Crippen LogP contribution in [0.5, 0.6) is 11.5 Å². The highest BCUT2D eigenvalue weighted by Gasteiger charge is 2.37. The number of fused-ring (bicyclic) bond motifs is 1. The fourth-order valence-electron chi connectivity index (χ4n) is 4.65. The summed E-state index contributed by atoms with van der Waals surface area (Å²) in [4.78, 5) is 13.4. The Labute approximate surface area is 196 Å². The molecule has 0 aromatic heterocycles. The van der Waals surface area contributed by atoms with Crippen LogP contribution in [-0.4, -0.2) is 44.4 Å². The van der Waals surface area contributed by atoms with Crippen molar-refractivity contribution in [1.29, 1.82) is 0 Å². The maximum Gasteiger partial charge on any atom is 0.243 e. The van der Waals surface area contributed by atoms with Gasteiger partial charge in [-0.2, -0.15) is 4.31 Å². The summed E-state index contributed by atoms with van der Waals surface area (Å²) >= 11 is 0. The van der Waals surface area contributed by atoms with Crippen molar-refractivity contribution in [2.45, 2.75) is 56.6 Å². The molecule has 33 heavy (non-hydrogen) atoms. The Morgan fingerprint density at radius 3 is 2.42 bits per heavy atom. The summed E-state index contributed by atoms with van der Waals surface area (Å²) in [6.07, 6.45) is 1.67. The van der Waals surface area contributed by atoms with Crippen molar-refractivity contribution < 1.29 is 22.7 Å². The number of nitrogens with zero attached hydrogens (tertiary/aromatic N) is 1. The largest absolute Gasteiger partial charge is 0.497 e. The number of sulfonamides is 1. The third-order valence-corrected chi connectivity index (χ3v) is 8.37. The first-order chi connectivity index (χ1) is 15.6. The number of piperidine rings is 1. The van der Waals surface area contributed by atoms with Gasteiger partial charge in [0.25, 0.3) is 0 Å². The summed E-state index contributed by atoms with van der Waals surface area (Å²) in [6.45, 7) is 6.72. The second-order valence-corrected chi connectivity index (χ2v) is 11.5. The molecule has 0 radical (unpaired) electrons. The van der Waals surface area contributed by atoms with E-state index in [2.05, 4.69) is 11.4 Å². The van der Waals surface area contributed by atoms with Crippen molar-refractivity contribution in [2.75, 3.05) is 20.2 Å². The molecule has 2 aliphatic rings. The predicted molar refractivity (Wildman–Crippen MR) is 126 cm³/mol. The Kier molecular flexibility index (Phi) is 6.42.